The molecule has 0 bridgehead atoms. The normalized spacial score (nSPS) is 18.5. The highest BCUT2D eigenvalue weighted by Gasteiger charge is 2.31. The number of carbonyl (C=O) groups excluding carboxylic acids is 1. The number of nitrogens with zero attached hydrogens (tertiary/aromatic N) is 1. The Labute approximate surface area is 125 Å². The van der Waals surface area contributed by atoms with Crippen LogP contribution in [-0.2, 0) is 9.53 Å². The number of halogens is 1. The molecule has 0 saturated carbocycles. The van der Waals surface area contributed by atoms with Crippen LogP contribution >= 0.6 is 0 Å². The van der Waals surface area contributed by atoms with Gasteiger partial charge in [-0.3, -0.25) is 10.1 Å². The Kier molecular flexibility index (Phi) is 6.14. The number of benzene rings is 1. The van der Waals surface area contributed by atoms with E-state index in [1.165, 1.54) is 12.1 Å². The van der Waals surface area contributed by atoms with E-state index in [4.69, 9.17) is 4.74 Å². The molecule has 4 nitrogen and oxygen atoms in total. The summed E-state index contributed by atoms with van der Waals surface area (Å²) in [5, 5.41) is 3.13. The van der Waals surface area contributed by atoms with Crippen LogP contribution in [0.1, 0.15) is 37.9 Å². The molecule has 1 aromatic carbocycles. The molecule has 1 amide bonds. The van der Waals surface area contributed by atoms with Crippen molar-refractivity contribution in [3.63, 3.8) is 0 Å². The molecule has 1 heterocycles. The molecular weight excluding hydrogens is 271 g/mol. The van der Waals surface area contributed by atoms with Crippen LogP contribution in [-0.4, -0.2) is 37.1 Å². The molecule has 1 atom stereocenters. The predicted octanol–water partition coefficient (Wildman–Crippen LogP) is 2.46. The molecule has 0 aromatic heterocycles. The van der Waals surface area contributed by atoms with Crippen molar-refractivity contribution >= 4 is 5.91 Å². The van der Waals surface area contributed by atoms with Gasteiger partial charge in [0.05, 0.1) is 6.54 Å². The molecule has 1 unspecified atom stereocenters. The van der Waals surface area contributed by atoms with Gasteiger partial charge in [0.1, 0.15) is 12.0 Å². The molecule has 116 valence electrons. The Morgan fingerprint density at radius 1 is 1.38 bits per heavy atom. The average Bonchev–Trinajstić information content (AvgIpc) is 2.84. The number of ether oxygens (including phenoxy) is 1. The molecule has 1 aromatic rings. The number of carbonyl (C=O) groups is 1. The summed E-state index contributed by atoms with van der Waals surface area (Å²) in [5.41, 5.74) is 0.785. The number of nitrogens with one attached hydrogen (secondary N) is 1. The van der Waals surface area contributed by atoms with Crippen LogP contribution in [0.25, 0.3) is 0 Å². The molecule has 5 heteroatoms. The Morgan fingerprint density at radius 3 is 2.95 bits per heavy atom. The van der Waals surface area contributed by atoms with E-state index in [1.54, 1.807) is 11.0 Å². The third-order valence-electron chi connectivity index (χ3n) is 3.57. The van der Waals surface area contributed by atoms with Crippen LogP contribution in [0.5, 0.6) is 0 Å². The molecule has 1 N–H and O–H groups in total. The number of amides is 1. The van der Waals surface area contributed by atoms with E-state index in [2.05, 4.69) is 12.2 Å². The number of unbranched alkanes of at least 4 members (excludes halogenated alkanes) is 1. The van der Waals surface area contributed by atoms with Crippen molar-refractivity contribution < 1.29 is 13.9 Å². The second-order valence-electron chi connectivity index (χ2n) is 5.25. The van der Waals surface area contributed by atoms with Gasteiger partial charge in [-0.15, -0.1) is 0 Å². The molecule has 21 heavy (non-hydrogen) atoms. The third kappa shape index (κ3) is 4.51. The summed E-state index contributed by atoms with van der Waals surface area (Å²) >= 11 is 0. The number of hydrogen-bond donors (Lipinski definition) is 1. The van der Waals surface area contributed by atoms with Crippen molar-refractivity contribution in [1.82, 2.24) is 10.2 Å². The summed E-state index contributed by atoms with van der Waals surface area (Å²) < 4.78 is 18.8. The van der Waals surface area contributed by atoms with Crippen molar-refractivity contribution in [2.45, 2.75) is 32.4 Å². The Bertz CT molecular complexity index is 467. The minimum Gasteiger partial charge on any atom is -0.381 e. The topological polar surface area (TPSA) is 41.6 Å². The molecule has 0 aliphatic carbocycles. The maximum atomic E-state index is 13.3. The zero-order valence-electron chi connectivity index (χ0n) is 12.5. The lowest BCUT2D eigenvalue weighted by atomic mass is 10.1. The largest absolute Gasteiger partial charge is 0.381 e. The molecule has 0 radical (unpaired) electrons. The Balaban J connectivity index is 1.86. The fourth-order valence-electron chi connectivity index (χ4n) is 2.45. The van der Waals surface area contributed by atoms with Crippen molar-refractivity contribution in [2.24, 2.45) is 0 Å². The van der Waals surface area contributed by atoms with Crippen molar-refractivity contribution in [1.29, 1.82) is 0 Å². The van der Waals surface area contributed by atoms with Gasteiger partial charge < -0.3 is 9.64 Å². The lowest BCUT2D eigenvalue weighted by Crippen LogP contribution is -2.31. The van der Waals surface area contributed by atoms with Crippen LogP contribution in [0.15, 0.2) is 24.3 Å². The van der Waals surface area contributed by atoms with Gasteiger partial charge in [0.15, 0.2) is 0 Å². The van der Waals surface area contributed by atoms with Crippen LogP contribution < -0.4 is 5.32 Å². The van der Waals surface area contributed by atoms with E-state index in [0.717, 1.165) is 31.4 Å². The molecule has 1 aliphatic heterocycles. The smallest absolute Gasteiger partial charge is 0.238 e. The minimum atomic E-state index is -0.281. The zero-order chi connectivity index (χ0) is 15.1. The first-order valence-electron chi connectivity index (χ1n) is 7.58. The van der Waals surface area contributed by atoms with Gasteiger partial charge in [-0.05, 0) is 30.5 Å². The SMILES string of the molecule is CCCCOCCCN1C(=O)CNC1c1cccc(F)c1. The quantitative estimate of drug-likeness (QED) is 0.749. The van der Waals surface area contributed by atoms with Gasteiger partial charge in [-0.1, -0.05) is 25.5 Å². The van der Waals surface area contributed by atoms with E-state index in [1.807, 2.05) is 6.07 Å². The highest BCUT2D eigenvalue weighted by Crippen LogP contribution is 2.23. The highest BCUT2D eigenvalue weighted by atomic mass is 19.1. The van der Waals surface area contributed by atoms with Gasteiger partial charge in [-0.2, -0.15) is 0 Å². The summed E-state index contributed by atoms with van der Waals surface area (Å²) in [4.78, 5) is 13.7. The van der Waals surface area contributed by atoms with E-state index < -0.39 is 0 Å². The molecular formula is C16H23FN2O2. The van der Waals surface area contributed by atoms with E-state index in [0.29, 0.717) is 19.7 Å². The van der Waals surface area contributed by atoms with E-state index in [9.17, 15) is 9.18 Å². The van der Waals surface area contributed by atoms with Crippen LogP contribution in [0.2, 0.25) is 0 Å². The summed E-state index contributed by atoms with van der Waals surface area (Å²) in [7, 11) is 0. The van der Waals surface area contributed by atoms with Crippen molar-refractivity contribution in [3.05, 3.63) is 35.6 Å². The van der Waals surface area contributed by atoms with Crippen LogP contribution in [0.3, 0.4) is 0 Å². The molecule has 1 fully saturated rings. The fraction of sp³-hybridized carbons (Fsp3) is 0.562. The van der Waals surface area contributed by atoms with Gasteiger partial charge in [0.25, 0.3) is 0 Å². The molecule has 2 rings (SSSR count). The number of hydrogen-bond acceptors (Lipinski definition) is 3. The van der Waals surface area contributed by atoms with Crippen LogP contribution in [0.4, 0.5) is 4.39 Å². The van der Waals surface area contributed by atoms with Crippen molar-refractivity contribution in [3.8, 4) is 0 Å². The van der Waals surface area contributed by atoms with E-state index in [-0.39, 0.29) is 17.9 Å². The standard InChI is InChI=1S/C16H23FN2O2/c1-2-3-9-21-10-5-8-19-15(20)12-18-16(19)13-6-4-7-14(17)11-13/h4,6-7,11,16,18H,2-3,5,8-10,12H2,1H3. The second-order valence-corrected chi connectivity index (χ2v) is 5.25. The van der Waals surface area contributed by atoms with Gasteiger partial charge in [-0.25, -0.2) is 4.39 Å². The maximum Gasteiger partial charge on any atom is 0.238 e. The molecule has 1 saturated heterocycles. The first-order valence-corrected chi connectivity index (χ1v) is 7.58. The highest BCUT2D eigenvalue weighted by molar-refractivity contribution is 5.80. The van der Waals surface area contributed by atoms with Crippen LogP contribution in [0, 0.1) is 5.82 Å². The Morgan fingerprint density at radius 2 is 2.19 bits per heavy atom. The number of rotatable bonds is 8. The van der Waals surface area contributed by atoms with Gasteiger partial charge in [0, 0.05) is 19.8 Å². The summed E-state index contributed by atoms with van der Waals surface area (Å²) in [6, 6.07) is 6.39. The predicted molar refractivity (Wildman–Crippen MR) is 79.2 cm³/mol. The van der Waals surface area contributed by atoms with Crippen molar-refractivity contribution in [2.75, 3.05) is 26.3 Å². The van der Waals surface area contributed by atoms with Gasteiger partial charge >= 0.3 is 0 Å². The van der Waals surface area contributed by atoms with E-state index >= 15 is 0 Å². The zero-order valence-corrected chi connectivity index (χ0v) is 12.5. The summed E-state index contributed by atoms with van der Waals surface area (Å²) in [5.74, 6) is -0.227. The lowest BCUT2D eigenvalue weighted by Gasteiger charge is -2.24. The third-order valence-corrected chi connectivity index (χ3v) is 3.57. The summed E-state index contributed by atoms with van der Waals surface area (Å²) in [6.45, 7) is 4.48. The van der Waals surface area contributed by atoms with Gasteiger partial charge in [0.2, 0.25) is 5.91 Å². The lowest BCUT2D eigenvalue weighted by molar-refractivity contribution is -0.128. The second kappa shape index (κ2) is 8.10. The Hall–Kier alpha value is -1.46. The minimum absolute atomic E-state index is 0.0535. The maximum absolute atomic E-state index is 13.3. The summed E-state index contributed by atoms with van der Waals surface area (Å²) in [6.07, 6.45) is 2.75. The average molecular weight is 294 g/mol. The fourth-order valence-corrected chi connectivity index (χ4v) is 2.45. The monoisotopic (exact) mass is 294 g/mol. The first-order chi connectivity index (χ1) is 10.2. The first kappa shape index (κ1) is 15.9. The molecule has 0 spiro atoms. The molecule has 1 aliphatic rings.